The van der Waals surface area contributed by atoms with Crippen LogP contribution in [0.3, 0.4) is 0 Å². The highest BCUT2D eigenvalue weighted by atomic mass is 19.1. The number of urea groups is 1. The summed E-state index contributed by atoms with van der Waals surface area (Å²) >= 11 is 0. The molecule has 3 N–H and O–H groups in total. The number of anilines is 1. The van der Waals surface area contributed by atoms with E-state index < -0.39 is 18.0 Å². The molecule has 5 nitrogen and oxygen atoms in total. The van der Waals surface area contributed by atoms with Crippen molar-refractivity contribution in [3.63, 3.8) is 0 Å². The summed E-state index contributed by atoms with van der Waals surface area (Å²) in [4.78, 5) is 11.8. The van der Waals surface area contributed by atoms with Gasteiger partial charge >= 0.3 is 6.03 Å². The Morgan fingerprint density at radius 2 is 2.00 bits per heavy atom. The van der Waals surface area contributed by atoms with Crippen molar-refractivity contribution in [2.24, 2.45) is 0 Å². The molecule has 2 aromatic rings. The second kappa shape index (κ2) is 8.14. The molecule has 6 heteroatoms. The summed E-state index contributed by atoms with van der Waals surface area (Å²) in [5.74, 6) is -0.105. The Balaban J connectivity index is 1.81. The van der Waals surface area contributed by atoms with E-state index in [0.29, 0.717) is 12.2 Å². The quantitative estimate of drug-likeness (QED) is 0.766. The second-order valence-corrected chi connectivity index (χ2v) is 4.94. The zero-order valence-electron chi connectivity index (χ0n) is 12.8. The van der Waals surface area contributed by atoms with Crippen molar-refractivity contribution in [2.75, 3.05) is 19.0 Å². The number of methoxy groups -OCH3 is 1. The second-order valence-electron chi connectivity index (χ2n) is 4.94. The van der Waals surface area contributed by atoms with Crippen molar-refractivity contribution in [1.29, 1.82) is 0 Å². The first kappa shape index (κ1) is 16.8. The van der Waals surface area contributed by atoms with Crippen LogP contribution in [-0.2, 0) is 0 Å². The number of ether oxygens (including phenoxy) is 1. The number of carbonyl (C=O) groups excluding carboxylic acids is 1. The predicted molar refractivity (Wildman–Crippen MR) is 86.0 cm³/mol. The smallest absolute Gasteiger partial charge is 0.319 e. The fourth-order valence-corrected chi connectivity index (χ4v) is 2.06. The van der Waals surface area contributed by atoms with E-state index in [0.717, 1.165) is 5.56 Å². The number of halogens is 1. The number of nitrogens with one attached hydrogen (secondary N) is 2. The minimum Gasteiger partial charge on any atom is -0.497 e. The molecular weight excluding hydrogens is 299 g/mol. The molecule has 0 aliphatic rings. The third kappa shape index (κ3) is 4.96. The van der Waals surface area contributed by atoms with E-state index in [1.54, 1.807) is 0 Å². The Morgan fingerprint density at radius 1 is 1.26 bits per heavy atom. The molecule has 0 bridgehead atoms. The first-order valence-electron chi connectivity index (χ1n) is 7.21. The third-order valence-electron chi connectivity index (χ3n) is 3.31. The van der Waals surface area contributed by atoms with Gasteiger partial charge in [-0.25, -0.2) is 9.18 Å². The summed E-state index contributed by atoms with van der Waals surface area (Å²) in [5.41, 5.74) is 0.819. The SMILES string of the molecule is COc1ccc(F)c(NC(=O)NCCC(O)c2ccccc2)c1. The average Bonchev–Trinajstić information content (AvgIpc) is 2.57. The number of hydrogen-bond acceptors (Lipinski definition) is 3. The molecule has 2 rings (SSSR count). The van der Waals surface area contributed by atoms with Crippen LogP contribution in [0.15, 0.2) is 48.5 Å². The molecular formula is C17H19FN2O3. The molecule has 0 fully saturated rings. The Kier molecular flexibility index (Phi) is 5.94. The summed E-state index contributed by atoms with van der Waals surface area (Å²) in [6.45, 7) is 0.257. The van der Waals surface area contributed by atoms with Crippen LogP contribution in [0.4, 0.5) is 14.9 Å². The summed E-state index contributed by atoms with van der Waals surface area (Å²) in [5, 5.41) is 15.0. The van der Waals surface area contributed by atoms with Gasteiger partial charge in [-0.2, -0.15) is 0 Å². The van der Waals surface area contributed by atoms with E-state index in [1.165, 1.54) is 25.3 Å². The summed E-state index contributed by atoms with van der Waals surface area (Å²) < 4.78 is 18.6. The van der Waals surface area contributed by atoms with E-state index in [4.69, 9.17) is 4.74 Å². The number of benzene rings is 2. The zero-order chi connectivity index (χ0) is 16.7. The van der Waals surface area contributed by atoms with Crippen LogP contribution in [0.1, 0.15) is 18.1 Å². The standard InChI is InChI=1S/C17H19FN2O3/c1-23-13-7-8-14(18)15(11-13)20-17(22)19-10-9-16(21)12-5-3-2-4-6-12/h2-8,11,16,21H,9-10H2,1H3,(H2,19,20,22). The summed E-state index contributed by atoms with van der Waals surface area (Å²) in [7, 11) is 1.46. The molecule has 0 saturated heterocycles. The summed E-state index contributed by atoms with van der Waals surface area (Å²) in [6, 6.07) is 12.7. The minimum atomic E-state index is -0.662. The van der Waals surface area contributed by atoms with Gasteiger partial charge in [0.2, 0.25) is 0 Å². The molecule has 23 heavy (non-hydrogen) atoms. The molecule has 0 radical (unpaired) electrons. The van der Waals surface area contributed by atoms with Gasteiger partial charge in [0, 0.05) is 12.6 Å². The van der Waals surface area contributed by atoms with Gasteiger partial charge in [0.1, 0.15) is 11.6 Å². The lowest BCUT2D eigenvalue weighted by atomic mass is 10.1. The number of carbonyl (C=O) groups is 1. The highest BCUT2D eigenvalue weighted by Gasteiger charge is 2.10. The maximum Gasteiger partial charge on any atom is 0.319 e. The predicted octanol–water partition coefficient (Wildman–Crippen LogP) is 3.08. The average molecular weight is 318 g/mol. The van der Waals surface area contributed by atoms with Gasteiger partial charge in [0.15, 0.2) is 0 Å². The van der Waals surface area contributed by atoms with Gasteiger partial charge in [-0.1, -0.05) is 30.3 Å². The molecule has 1 unspecified atom stereocenters. The highest BCUT2D eigenvalue weighted by Crippen LogP contribution is 2.21. The van der Waals surface area contributed by atoms with E-state index in [9.17, 15) is 14.3 Å². The number of rotatable bonds is 6. The van der Waals surface area contributed by atoms with Crippen molar-refractivity contribution in [3.05, 3.63) is 59.9 Å². The molecule has 1 atom stereocenters. The van der Waals surface area contributed by atoms with E-state index in [1.807, 2.05) is 30.3 Å². The molecule has 0 aliphatic carbocycles. The zero-order valence-corrected chi connectivity index (χ0v) is 12.8. The molecule has 2 aromatic carbocycles. The maximum absolute atomic E-state index is 13.6. The first-order valence-corrected chi connectivity index (χ1v) is 7.21. The molecule has 0 saturated carbocycles. The van der Waals surface area contributed by atoms with Crippen molar-refractivity contribution in [1.82, 2.24) is 5.32 Å². The number of aliphatic hydroxyl groups is 1. The van der Waals surface area contributed by atoms with Crippen molar-refractivity contribution >= 4 is 11.7 Å². The van der Waals surface area contributed by atoms with Gasteiger partial charge in [-0.05, 0) is 24.1 Å². The molecule has 2 amide bonds. The molecule has 0 aromatic heterocycles. The van der Waals surface area contributed by atoms with Gasteiger partial charge < -0.3 is 20.5 Å². The minimum absolute atomic E-state index is 0.0328. The van der Waals surface area contributed by atoms with Gasteiger partial charge in [-0.3, -0.25) is 0 Å². The molecule has 0 aliphatic heterocycles. The normalized spacial score (nSPS) is 11.6. The molecule has 122 valence electrons. The fourth-order valence-electron chi connectivity index (χ4n) is 2.06. The van der Waals surface area contributed by atoms with Crippen molar-refractivity contribution in [2.45, 2.75) is 12.5 Å². The number of aliphatic hydroxyl groups excluding tert-OH is 1. The van der Waals surface area contributed by atoms with Gasteiger partial charge in [-0.15, -0.1) is 0 Å². The monoisotopic (exact) mass is 318 g/mol. The first-order chi connectivity index (χ1) is 11.1. The Morgan fingerprint density at radius 3 is 2.70 bits per heavy atom. The lowest BCUT2D eigenvalue weighted by Gasteiger charge is -2.12. The van der Waals surface area contributed by atoms with E-state index >= 15 is 0 Å². The third-order valence-corrected chi connectivity index (χ3v) is 3.31. The molecule has 0 spiro atoms. The topological polar surface area (TPSA) is 70.6 Å². The van der Waals surface area contributed by atoms with Crippen molar-refractivity contribution in [3.8, 4) is 5.75 Å². The lowest BCUT2D eigenvalue weighted by molar-refractivity contribution is 0.167. The van der Waals surface area contributed by atoms with Crippen LogP contribution in [-0.4, -0.2) is 24.8 Å². The molecule has 0 heterocycles. The van der Waals surface area contributed by atoms with Crippen LogP contribution < -0.4 is 15.4 Å². The Bertz CT molecular complexity index is 650. The number of hydrogen-bond donors (Lipinski definition) is 3. The largest absolute Gasteiger partial charge is 0.497 e. The summed E-state index contributed by atoms with van der Waals surface area (Å²) in [6.07, 6.45) is -0.303. The fraction of sp³-hybridized carbons (Fsp3) is 0.235. The van der Waals surface area contributed by atoms with Crippen LogP contribution in [0, 0.1) is 5.82 Å². The van der Waals surface area contributed by atoms with E-state index in [-0.39, 0.29) is 12.2 Å². The van der Waals surface area contributed by atoms with Gasteiger partial charge in [0.05, 0.1) is 18.9 Å². The van der Waals surface area contributed by atoms with Crippen LogP contribution in [0.5, 0.6) is 5.75 Å². The number of amides is 2. The van der Waals surface area contributed by atoms with Gasteiger partial charge in [0.25, 0.3) is 0 Å². The van der Waals surface area contributed by atoms with E-state index in [2.05, 4.69) is 10.6 Å². The Hall–Kier alpha value is -2.60. The highest BCUT2D eigenvalue weighted by molar-refractivity contribution is 5.89. The van der Waals surface area contributed by atoms with Crippen LogP contribution in [0.25, 0.3) is 0 Å². The lowest BCUT2D eigenvalue weighted by Crippen LogP contribution is -2.30. The Labute approximate surface area is 134 Å². The van der Waals surface area contributed by atoms with Crippen LogP contribution in [0.2, 0.25) is 0 Å². The maximum atomic E-state index is 13.6. The van der Waals surface area contributed by atoms with Crippen molar-refractivity contribution < 1.29 is 19.0 Å². The van der Waals surface area contributed by atoms with Crippen LogP contribution >= 0.6 is 0 Å².